The minimum atomic E-state index is -0.718. The van der Waals surface area contributed by atoms with Crippen molar-refractivity contribution < 1.29 is 18.0 Å². The van der Waals surface area contributed by atoms with E-state index >= 15 is 0 Å². The molecule has 2 amide bonds. The van der Waals surface area contributed by atoms with E-state index in [-0.39, 0.29) is 18.0 Å². The molecule has 0 radical (unpaired) electrons. The van der Waals surface area contributed by atoms with Gasteiger partial charge in [0, 0.05) is 12.6 Å². The molecule has 0 fully saturated rings. The van der Waals surface area contributed by atoms with Crippen LogP contribution in [0.25, 0.3) is 0 Å². The Morgan fingerprint density at radius 2 is 1.62 bits per heavy atom. The lowest BCUT2D eigenvalue weighted by Gasteiger charge is -2.08. The van der Waals surface area contributed by atoms with Crippen molar-refractivity contribution in [3.05, 3.63) is 65.5 Å². The fourth-order valence-corrected chi connectivity index (χ4v) is 1.73. The smallest absolute Gasteiger partial charge is 0.319 e. The van der Waals surface area contributed by atoms with Crippen LogP contribution in [0.2, 0.25) is 0 Å². The van der Waals surface area contributed by atoms with E-state index in [1.807, 2.05) is 0 Å². The van der Waals surface area contributed by atoms with Gasteiger partial charge in [-0.15, -0.1) is 0 Å². The Bertz CT molecular complexity index is 629. The third kappa shape index (κ3) is 4.52. The Balaban J connectivity index is 1.82. The van der Waals surface area contributed by atoms with Crippen LogP contribution in [-0.4, -0.2) is 12.6 Å². The molecule has 2 aromatic rings. The maximum atomic E-state index is 13.3. The van der Waals surface area contributed by atoms with E-state index < -0.39 is 17.7 Å². The number of nitrogens with one attached hydrogen (secondary N) is 2. The molecule has 0 atom stereocenters. The number of urea groups is 1. The minimum absolute atomic E-state index is 0.228. The van der Waals surface area contributed by atoms with E-state index in [1.54, 1.807) is 12.1 Å². The summed E-state index contributed by atoms with van der Waals surface area (Å²) in [6, 6.07) is 8.05. The number of amides is 2. The van der Waals surface area contributed by atoms with Crippen molar-refractivity contribution in [3.8, 4) is 0 Å². The van der Waals surface area contributed by atoms with Gasteiger partial charge in [0.2, 0.25) is 0 Å². The molecule has 21 heavy (non-hydrogen) atoms. The lowest BCUT2D eigenvalue weighted by Crippen LogP contribution is -2.30. The van der Waals surface area contributed by atoms with Crippen molar-refractivity contribution in [2.75, 3.05) is 11.9 Å². The van der Waals surface area contributed by atoms with Gasteiger partial charge in [-0.1, -0.05) is 12.1 Å². The molecule has 6 heteroatoms. The molecule has 0 unspecified atom stereocenters. The van der Waals surface area contributed by atoms with Gasteiger partial charge in [0.1, 0.15) is 17.5 Å². The highest BCUT2D eigenvalue weighted by atomic mass is 19.1. The van der Waals surface area contributed by atoms with Gasteiger partial charge >= 0.3 is 6.03 Å². The van der Waals surface area contributed by atoms with Gasteiger partial charge in [0.05, 0.1) is 5.69 Å². The van der Waals surface area contributed by atoms with E-state index in [4.69, 9.17) is 0 Å². The number of hydrogen-bond donors (Lipinski definition) is 2. The maximum Gasteiger partial charge on any atom is 0.319 e. The first-order valence-corrected chi connectivity index (χ1v) is 6.29. The fraction of sp³-hybridized carbons (Fsp3) is 0.133. The zero-order chi connectivity index (χ0) is 15.2. The van der Waals surface area contributed by atoms with Crippen LogP contribution >= 0.6 is 0 Å². The molecule has 0 spiro atoms. The minimum Gasteiger partial charge on any atom is -0.338 e. The number of anilines is 1. The molecule has 110 valence electrons. The molecule has 2 rings (SSSR count). The van der Waals surface area contributed by atoms with Crippen molar-refractivity contribution >= 4 is 11.7 Å². The zero-order valence-electron chi connectivity index (χ0n) is 11.0. The first-order chi connectivity index (χ1) is 10.0. The van der Waals surface area contributed by atoms with Crippen LogP contribution in [0.1, 0.15) is 5.56 Å². The molecule has 0 saturated heterocycles. The van der Waals surface area contributed by atoms with Gasteiger partial charge in [0.25, 0.3) is 0 Å². The van der Waals surface area contributed by atoms with E-state index in [0.717, 1.165) is 23.8 Å². The van der Waals surface area contributed by atoms with Gasteiger partial charge in [0.15, 0.2) is 0 Å². The van der Waals surface area contributed by atoms with E-state index in [1.165, 1.54) is 12.1 Å². The number of rotatable bonds is 4. The third-order valence-electron chi connectivity index (χ3n) is 2.79. The second-order valence-electron chi connectivity index (χ2n) is 4.38. The van der Waals surface area contributed by atoms with Crippen molar-refractivity contribution in [2.24, 2.45) is 0 Å². The predicted molar refractivity (Wildman–Crippen MR) is 73.5 cm³/mol. The average molecular weight is 294 g/mol. The molecular weight excluding hydrogens is 281 g/mol. The standard InChI is InChI=1S/C15H13F3N2O/c16-11-3-1-10(2-4-11)7-8-19-15(21)20-14-9-12(17)5-6-13(14)18/h1-6,9H,7-8H2,(H2,19,20,21). The van der Waals surface area contributed by atoms with Crippen molar-refractivity contribution in [1.82, 2.24) is 5.32 Å². The molecule has 0 aliphatic carbocycles. The van der Waals surface area contributed by atoms with Crippen molar-refractivity contribution in [1.29, 1.82) is 0 Å². The van der Waals surface area contributed by atoms with Crippen LogP contribution < -0.4 is 10.6 Å². The third-order valence-corrected chi connectivity index (χ3v) is 2.79. The van der Waals surface area contributed by atoms with E-state index in [9.17, 15) is 18.0 Å². The summed E-state index contributed by atoms with van der Waals surface area (Å²) in [6.45, 7) is 0.286. The lowest BCUT2D eigenvalue weighted by molar-refractivity contribution is 0.252. The van der Waals surface area contributed by atoms with Gasteiger partial charge in [-0.05, 0) is 36.2 Å². The van der Waals surface area contributed by atoms with Gasteiger partial charge in [-0.3, -0.25) is 0 Å². The first-order valence-electron chi connectivity index (χ1n) is 6.29. The van der Waals surface area contributed by atoms with Gasteiger partial charge < -0.3 is 10.6 Å². The second kappa shape index (κ2) is 6.78. The number of benzene rings is 2. The molecule has 2 N–H and O–H groups in total. The topological polar surface area (TPSA) is 41.1 Å². The number of halogens is 3. The largest absolute Gasteiger partial charge is 0.338 e. The summed E-state index contributed by atoms with van der Waals surface area (Å²) in [4.78, 5) is 11.5. The lowest BCUT2D eigenvalue weighted by atomic mass is 10.1. The molecular formula is C15H13F3N2O. The summed E-state index contributed by atoms with van der Waals surface area (Å²) in [5.41, 5.74) is 0.628. The summed E-state index contributed by atoms with van der Waals surface area (Å²) in [7, 11) is 0. The van der Waals surface area contributed by atoms with Crippen molar-refractivity contribution in [2.45, 2.75) is 6.42 Å². The average Bonchev–Trinajstić information content (AvgIpc) is 2.45. The zero-order valence-corrected chi connectivity index (χ0v) is 11.0. The maximum absolute atomic E-state index is 13.3. The van der Waals surface area contributed by atoms with Crippen LogP contribution in [0.4, 0.5) is 23.7 Å². The quantitative estimate of drug-likeness (QED) is 0.890. The molecule has 3 nitrogen and oxygen atoms in total. The Labute approximate surface area is 119 Å². The highest BCUT2D eigenvalue weighted by Crippen LogP contribution is 2.14. The second-order valence-corrected chi connectivity index (χ2v) is 4.38. The summed E-state index contributed by atoms with van der Waals surface area (Å²) < 4.78 is 38.9. The Kier molecular flexibility index (Phi) is 4.81. The van der Waals surface area contributed by atoms with Crippen LogP contribution in [0.5, 0.6) is 0 Å². The van der Waals surface area contributed by atoms with E-state index in [2.05, 4.69) is 10.6 Å². The normalized spacial score (nSPS) is 10.2. The highest BCUT2D eigenvalue weighted by Gasteiger charge is 2.07. The first kappa shape index (κ1) is 14.9. The number of carbonyl (C=O) groups is 1. The predicted octanol–water partition coefficient (Wildman–Crippen LogP) is 3.47. The molecule has 0 aromatic heterocycles. The Morgan fingerprint density at radius 1 is 0.952 bits per heavy atom. The summed E-state index contributed by atoms with van der Waals surface area (Å²) in [6.07, 6.45) is 0.499. The number of hydrogen-bond acceptors (Lipinski definition) is 1. The van der Waals surface area contributed by atoms with Crippen LogP contribution in [0.15, 0.2) is 42.5 Å². The molecule has 2 aromatic carbocycles. The summed E-state index contributed by atoms with van der Waals surface area (Å²) >= 11 is 0. The highest BCUT2D eigenvalue weighted by molar-refractivity contribution is 5.89. The van der Waals surface area contributed by atoms with Gasteiger partial charge in [-0.25, -0.2) is 18.0 Å². The van der Waals surface area contributed by atoms with Crippen LogP contribution in [-0.2, 0) is 6.42 Å². The van der Waals surface area contributed by atoms with Crippen molar-refractivity contribution in [3.63, 3.8) is 0 Å². The van der Waals surface area contributed by atoms with E-state index in [0.29, 0.717) is 6.42 Å². The number of carbonyl (C=O) groups excluding carboxylic acids is 1. The van der Waals surface area contributed by atoms with Gasteiger partial charge in [-0.2, -0.15) is 0 Å². The monoisotopic (exact) mass is 294 g/mol. The fourth-order valence-electron chi connectivity index (χ4n) is 1.73. The Hall–Kier alpha value is -2.50. The summed E-state index contributed by atoms with van der Waals surface area (Å²) in [5.74, 6) is -1.69. The molecule has 0 aliphatic rings. The SMILES string of the molecule is O=C(NCCc1ccc(F)cc1)Nc1cc(F)ccc1F. The molecule has 0 bridgehead atoms. The Morgan fingerprint density at radius 3 is 2.33 bits per heavy atom. The molecule has 0 saturated carbocycles. The molecule has 0 heterocycles. The van der Waals surface area contributed by atoms with Crippen LogP contribution in [0, 0.1) is 17.5 Å². The van der Waals surface area contributed by atoms with Crippen LogP contribution in [0.3, 0.4) is 0 Å². The molecule has 0 aliphatic heterocycles. The summed E-state index contributed by atoms with van der Waals surface area (Å²) in [5, 5.41) is 4.73.